The van der Waals surface area contributed by atoms with Crippen LogP contribution >= 0.6 is 0 Å². The van der Waals surface area contributed by atoms with E-state index in [9.17, 15) is 0 Å². The van der Waals surface area contributed by atoms with Gasteiger partial charge in [-0.25, -0.2) is 0 Å². The lowest BCUT2D eigenvalue weighted by atomic mass is 9.97. The average Bonchev–Trinajstić information content (AvgIpc) is 2.40. The molecule has 0 N–H and O–H groups in total. The highest BCUT2D eigenvalue weighted by Gasteiger charge is 2.09. The van der Waals surface area contributed by atoms with Crippen LogP contribution in [0.4, 0.5) is 0 Å². The Morgan fingerprint density at radius 2 is 1.59 bits per heavy atom. The molecule has 0 aliphatic heterocycles. The molecule has 0 heterocycles. The first-order valence-electron chi connectivity index (χ1n) is 5.96. The van der Waals surface area contributed by atoms with Crippen LogP contribution in [0.5, 0.6) is 0 Å². The van der Waals surface area contributed by atoms with E-state index in [1.165, 1.54) is 16.7 Å². The zero-order chi connectivity index (χ0) is 12.1. The Balaban J connectivity index is 2.27. The Hall–Kier alpha value is -1.60. The van der Waals surface area contributed by atoms with Gasteiger partial charge in [-0.1, -0.05) is 54.6 Å². The second-order valence-corrected chi connectivity index (χ2v) is 4.24. The van der Waals surface area contributed by atoms with Crippen molar-refractivity contribution in [2.45, 2.75) is 19.4 Å². The first-order valence-corrected chi connectivity index (χ1v) is 5.96. The molecule has 0 saturated carbocycles. The number of hydrogen-bond acceptors (Lipinski definition) is 1. The second-order valence-electron chi connectivity index (χ2n) is 4.24. The quantitative estimate of drug-likeness (QED) is 0.766. The smallest absolute Gasteiger partial charge is 0.0795 e. The largest absolute Gasteiger partial charge is 0.377 e. The van der Waals surface area contributed by atoms with E-state index in [0.29, 0.717) is 0 Å². The summed E-state index contributed by atoms with van der Waals surface area (Å²) in [4.78, 5) is 0. The van der Waals surface area contributed by atoms with Crippen molar-refractivity contribution in [3.63, 3.8) is 0 Å². The summed E-state index contributed by atoms with van der Waals surface area (Å²) in [5.41, 5.74) is 3.95. The summed E-state index contributed by atoms with van der Waals surface area (Å²) in [6.45, 7) is 2.09. The lowest BCUT2D eigenvalue weighted by Crippen LogP contribution is -2.01. The predicted octanol–water partition coefficient (Wildman–Crippen LogP) is 3.98. The van der Waals surface area contributed by atoms with Crippen molar-refractivity contribution in [3.05, 3.63) is 71.3 Å². The van der Waals surface area contributed by atoms with Crippen LogP contribution in [0, 0.1) is 0 Å². The molecule has 17 heavy (non-hydrogen) atoms. The molecule has 0 spiro atoms. The molecule has 0 saturated heterocycles. The van der Waals surface area contributed by atoms with E-state index in [2.05, 4.69) is 55.5 Å². The van der Waals surface area contributed by atoms with Crippen LogP contribution in [-0.4, -0.2) is 7.11 Å². The highest BCUT2D eigenvalue weighted by Crippen LogP contribution is 2.22. The van der Waals surface area contributed by atoms with Crippen LogP contribution in [0.2, 0.25) is 0 Å². The van der Waals surface area contributed by atoms with Crippen molar-refractivity contribution in [1.82, 2.24) is 0 Å². The van der Waals surface area contributed by atoms with Crippen LogP contribution in [0.15, 0.2) is 54.6 Å². The minimum Gasteiger partial charge on any atom is -0.377 e. The maximum absolute atomic E-state index is 5.41. The van der Waals surface area contributed by atoms with Gasteiger partial charge in [0.15, 0.2) is 0 Å². The highest BCUT2D eigenvalue weighted by molar-refractivity contribution is 5.34. The fourth-order valence-electron chi connectivity index (χ4n) is 2.03. The number of ether oxygens (including phenoxy) is 1. The van der Waals surface area contributed by atoms with E-state index >= 15 is 0 Å². The van der Waals surface area contributed by atoms with Gasteiger partial charge in [0, 0.05) is 7.11 Å². The number of benzene rings is 2. The van der Waals surface area contributed by atoms with E-state index in [0.717, 1.165) is 6.42 Å². The summed E-state index contributed by atoms with van der Waals surface area (Å²) in [6, 6.07) is 19.0. The van der Waals surface area contributed by atoms with Gasteiger partial charge in [0.05, 0.1) is 6.10 Å². The molecule has 0 aliphatic rings. The lowest BCUT2D eigenvalue weighted by molar-refractivity contribution is 0.119. The van der Waals surface area contributed by atoms with Crippen LogP contribution in [0.3, 0.4) is 0 Å². The molecule has 2 rings (SSSR count). The third kappa shape index (κ3) is 2.95. The predicted molar refractivity (Wildman–Crippen MR) is 71.1 cm³/mol. The van der Waals surface area contributed by atoms with E-state index in [-0.39, 0.29) is 6.10 Å². The van der Waals surface area contributed by atoms with Gasteiger partial charge in [0.25, 0.3) is 0 Å². The summed E-state index contributed by atoms with van der Waals surface area (Å²) in [7, 11) is 1.75. The Labute approximate surface area is 103 Å². The van der Waals surface area contributed by atoms with Gasteiger partial charge >= 0.3 is 0 Å². The zero-order valence-electron chi connectivity index (χ0n) is 10.4. The van der Waals surface area contributed by atoms with E-state index in [4.69, 9.17) is 4.74 Å². The monoisotopic (exact) mass is 226 g/mol. The van der Waals surface area contributed by atoms with E-state index in [1.54, 1.807) is 7.11 Å². The van der Waals surface area contributed by atoms with E-state index in [1.807, 2.05) is 6.07 Å². The van der Waals surface area contributed by atoms with Crippen molar-refractivity contribution in [2.24, 2.45) is 0 Å². The fourth-order valence-corrected chi connectivity index (χ4v) is 2.03. The van der Waals surface area contributed by atoms with Crippen LogP contribution < -0.4 is 0 Å². The molecule has 2 aromatic carbocycles. The van der Waals surface area contributed by atoms with E-state index < -0.39 is 0 Å². The summed E-state index contributed by atoms with van der Waals surface area (Å²) < 4.78 is 5.41. The van der Waals surface area contributed by atoms with Crippen molar-refractivity contribution >= 4 is 0 Å². The van der Waals surface area contributed by atoms with Crippen molar-refractivity contribution in [1.29, 1.82) is 0 Å². The maximum Gasteiger partial charge on any atom is 0.0795 e. The fraction of sp³-hybridized carbons (Fsp3) is 0.250. The molecule has 0 aromatic heterocycles. The lowest BCUT2D eigenvalue weighted by Gasteiger charge is -2.15. The Morgan fingerprint density at radius 3 is 2.29 bits per heavy atom. The standard InChI is InChI=1S/C16H18O/c1-13(17-2)16-11-7-6-10-15(16)12-14-8-4-3-5-9-14/h3-11,13H,12H2,1-2H3. The molecular formula is C16H18O. The third-order valence-corrected chi connectivity index (χ3v) is 3.08. The van der Waals surface area contributed by atoms with Crippen molar-refractivity contribution in [2.75, 3.05) is 7.11 Å². The Bertz CT molecular complexity index is 462. The topological polar surface area (TPSA) is 9.23 Å². The van der Waals surface area contributed by atoms with Crippen molar-refractivity contribution in [3.8, 4) is 0 Å². The molecule has 88 valence electrons. The molecule has 1 unspecified atom stereocenters. The number of methoxy groups -OCH3 is 1. The molecule has 0 bridgehead atoms. The first kappa shape index (κ1) is 11.9. The SMILES string of the molecule is COC(C)c1ccccc1Cc1ccccc1. The summed E-state index contributed by atoms with van der Waals surface area (Å²) >= 11 is 0. The van der Waals surface area contributed by atoms with Crippen molar-refractivity contribution < 1.29 is 4.74 Å². The van der Waals surface area contributed by atoms with Gasteiger partial charge in [-0.3, -0.25) is 0 Å². The molecular weight excluding hydrogens is 208 g/mol. The van der Waals surface area contributed by atoms with Gasteiger partial charge in [0.1, 0.15) is 0 Å². The maximum atomic E-state index is 5.41. The van der Waals surface area contributed by atoms with Gasteiger partial charge in [-0.2, -0.15) is 0 Å². The molecule has 0 aliphatic carbocycles. The highest BCUT2D eigenvalue weighted by atomic mass is 16.5. The van der Waals surface area contributed by atoms with Gasteiger partial charge in [-0.15, -0.1) is 0 Å². The van der Waals surface area contributed by atoms with Gasteiger partial charge in [-0.05, 0) is 30.0 Å². The summed E-state index contributed by atoms with van der Waals surface area (Å²) in [5.74, 6) is 0. The minimum absolute atomic E-state index is 0.148. The minimum atomic E-state index is 0.148. The molecule has 1 heteroatoms. The third-order valence-electron chi connectivity index (χ3n) is 3.08. The Morgan fingerprint density at radius 1 is 0.941 bits per heavy atom. The van der Waals surface area contributed by atoms with Crippen LogP contribution in [-0.2, 0) is 11.2 Å². The van der Waals surface area contributed by atoms with Gasteiger partial charge in [0.2, 0.25) is 0 Å². The molecule has 2 aromatic rings. The molecule has 0 amide bonds. The normalized spacial score (nSPS) is 12.4. The molecule has 0 radical (unpaired) electrons. The second kappa shape index (κ2) is 5.65. The summed E-state index contributed by atoms with van der Waals surface area (Å²) in [5, 5.41) is 0. The Kier molecular flexibility index (Phi) is 3.94. The number of hydrogen-bond donors (Lipinski definition) is 0. The molecule has 1 nitrogen and oxygen atoms in total. The average molecular weight is 226 g/mol. The number of rotatable bonds is 4. The molecule has 0 fully saturated rings. The zero-order valence-corrected chi connectivity index (χ0v) is 10.4. The van der Waals surface area contributed by atoms with Crippen LogP contribution in [0.25, 0.3) is 0 Å². The van der Waals surface area contributed by atoms with Crippen LogP contribution in [0.1, 0.15) is 29.7 Å². The first-order chi connectivity index (χ1) is 8.31. The molecule has 1 atom stereocenters. The summed E-state index contributed by atoms with van der Waals surface area (Å²) in [6.07, 6.45) is 1.11. The van der Waals surface area contributed by atoms with Gasteiger partial charge < -0.3 is 4.74 Å².